The molecule has 112 valence electrons. The van der Waals surface area contributed by atoms with E-state index in [9.17, 15) is 0 Å². The van der Waals surface area contributed by atoms with Crippen molar-refractivity contribution in [1.29, 1.82) is 0 Å². The summed E-state index contributed by atoms with van der Waals surface area (Å²) in [6.07, 6.45) is 8.15. The first-order valence-electron chi connectivity index (χ1n) is 6.33. The molecule has 0 amide bonds. The molecule has 0 saturated heterocycles. The smallest absolute Gasteiger partial charge is 0.254 e. The molecule has 1 aliphatic rings. The SMILES string of the molecule is CN1C=CN(COC[n+]2ccccc2C=NO)C1C=NO. The summed E-state index contributed by atoms with van der Waals surface area (Å²) in [4.78, 5) is 3.77. The van der Waals surface area contributed by atoms with Crippen LogP contribution in [-0.4, -0.2) is 52.6 Å². The summed E-state index contributed by atoms with van der Waals surface area (Å²) in [5.74, 6) is 0. The van der Waals surface area contributed by atoms with Crippen molar-refractivity contribution in [3.63, 3.8) is 0 Å². The summed E-state index contributed by atoms with van der Waals surface area (Å²) < 4.78 is 7.44. The zero-order valence-electron chi connectivity index (χ0n) is 11.6. The molecule has 1 aromatic heterocycles. The number of rotatable bonds is 6. The number of nitrogens with zero attached hydrogens (tertiary/aromatic N) is 5. The van der Waals surface area contributed by atoms with Crippen molar-refractivity contribution < 1.29 is 19.7 Å². The Hall–Kier alpha value is -2.61. The van der Waals surface area contributed by atoms with Crippen LogP contribution in [0, 0.1) is 0 Å². The predicted molar refractivity (Wildman–Crippen MR) is 74.8 cm³/mol. The Labute approximate surface area is 122 Å². The van der Waals surface area contributed by atoms with Gasteiger partial charge in [-0.3, -0.25) is 0 Å². The van der Waals surface area contributed by atoms with Crippen LogP contribution in [0.4, 0.5) is 0 Å². The Morgan fingerprint density at radius 2 is 2.19 bits per heavy atom. The van der Waals surface area contributed by atoms with Gasteiger partial charge in [-0.1, -0.05) is 10.3 Å². The van der Waals surface area contributed by atoms with Crippen molar-refractivity contribution in [2.24, 2.45) is 10.3 Å². The fourth-order valence-electron chi connectivity index (χ4n) is 2.00. The highest BCUT2D eigenvalue weighted by molar-refractivity contribution is 5.74. The molecule has 0 saturated carbocycles. The van der Waals surface area contributed by atoms with E-state index >= 15 is 0 Å². The summed E-state index contributed by atoms with van der Waals surface area (Å²) >= 11 is 0. The molecule has 0 aromatic carbocycles. The van der Waals surface area contributed by atoms with Crippen molar-refractivity contribution in [3.8, 4) is 0 Å². The second kappa shape index (κ2) is 7.25. The fraction of sp³-hybridized carbons (Fsp3) is 0.308. The van der Waals surface area contributed by atoms with Gasteiger partial charge in [-0.15, -0.1) is 0 Å². The van der Waals surface area contributed by atoms with E-state index in [1.165, 1.54) is 12.4 Å². The largest absolute Gasteiger partial charge is 0.411 e. The van der Waals surface area contributed by atoms with Gasteiger partial charge in [0, 0.05) is 31.6 Å². The summed E-state index contributed by atoms with van der Waals surface area (Å²) in [6.45, 7) is 0.633. The van der Waals surface area contributed by atoms with E-state index in [0.717, 1.165) is 5.69 Å². The second-order valence-corrected chi connectivity index (χ2v) is 4.46. The minimum Gasteiger partial charge on any atom is -0.411 e. The maximum Gasteiger partial charge on any atom is 0.254 e. The maximum atomic E-state index is 8.67. The molecule has 0 aliphatic carbocycles. The standard InChI is InChI=1S/C13H17N5O3/c1-16-6-7-18(13(16)9-15-20)11-21-10-17-5-3-2-4-12(17)8-14-19/h2-9,13,20H,10-11H2,1H3/p+1. The molecular formula is C13H18N5O3+. The number of hydrogen-bond acceptors (Lipinski definition) is 7. The summed E-state index contributed by atoms with van der Waals surface area (Å²) in [7, 11) is 1.88. The zero-order valence-corrected chi connectivity index (χ0v) is 11.6. The van der Waals surface area contributed by atoms with Gasteiger partial charge in [-0.25, -0.2) is 0 Å². The van der Waals surface area contributed by atoms with Gasteiger partial charge in [0.05, 0.1) is 6.21 Å². The summed E-state index contributed by atoms with van der Waals surface area (Å²) in [6, 6.07) is 5.52. The molecule has 0 radical (unpaired) electrons. The highest BCUT2D eigenvalue weighted by atomic mass is 16.5. The Kier molecular flexibility index (Phi) is 5.10. The van der Waals surface area contributed by atoms with Crippen molar-refractivity contribution in [2.75, 3.05) is 13.8 Å². The molecule has 0 spiro atoms. The Bertz CT molecular complexity index is 546. The van der Waals surface area contributed by atoms with Crippen molar-refractivity contribution in [1.82, 2.24) is 9.80 Å². The average molecular weight is 292 g/mol. The van der Waals surface area contributed by atoms with E-state index in [-0.39, 0.29) is 6.17 Å². The van der Waals surface area contributed by atoms with Crippen LogP contribution in [0.1, 0.15) is 5.69 Å². The average Bonchev–Trinajstić information content (AvgIpc) is 2.83. The molecule has 2 N–H and O–H groups in total. The van der Waals surface area contributed by atoms with Crippen LogP contribution in [0.2, 0.25) is 0 Å². The van der Waals surface area contributed by atoms with E-state index in [0.29, 0.717) is 13.5 Å². The monoisotopic (exact) mass is 292 g/mol. The maximum absolute atomic E-state index is 8.67. The van der Waals surface area contributed by atoms with Gasteiger partial charge in [-0.2, -0.15) is 4.57 Å². The third kappa shape index (κ3) is 3.69. The molecule has 1 unspecified atom stereocenters. The van der Waals surface area contributed by atoms with Gasteiger partial charge in [-0.05, 0) is 6.07 Å². The quantitative estimate of drug-likeness (QED) is 0.339. The van der Waals surface area contributed by atoms with Crippen LogP contribution in [-0.2, 0) is 11.5 Å². The van der Waals surface area contributed by atoms with E-state index < -0.39 is 0 Å². The van der Waals surface area contributed by atoms with Gasteiger partial charge in [0.25, 0.3) is 6.73 Å². The third-order valence-corrected chi connectivity index (χ3v) is 3.09. The first-order valence-corrected chi connectivity index (χ1v) is 6.33. The number of pyridine rings is 1. The molecule has 2 heterocycles. The van der Waals surface area contributed by atoms with Crippen LogP contribution in [0.25, 0.3) is 0 Å². The van der Waals surface area contributed by atoms with Gasteiger partial charge >= 0.3 is 0 Å². The molecule has 2 rings (SSSR count). The highest BCUT2D eigenvalue weighted by Gasteiger charge is 2.22. The topological polar surface area (TPSA) is 84.8 Å². The minimum atomic E-state index is -0.172. The Morgan fingerprint density at radius 1 is 1.33 bits per heavy atom. The van der Waals surface area contributed by atoms with Crippen LogP contribution in [0.15, 0.2) is 47.1 Å². The molecule has 0 bridgehead atoms. The van der Waals surface area contributed by atoms with E-state index in [1.54, 1.807) is 4.57 Å². The van der Waals surface area contributed by atoms with Crippen LogP contribution in [0.3, 0.4) is 0 Å². The number of aromatic nitrogens is 1. The van der Waals surface area contributed by atoms with E-state index in [1.807, 2.05) is 53.6 Å². The number of ether oxygens (including phenoxy) is 1. The predicted octanol–water partition coefficient (Wildman–Crippen LogP) is 0.219. The van der Waals surface area contributed by atoms with Crippen LogP contribution >= 0.6 is 0 Å². The first kappa shape index (κ1) is 14.8. The lowest BCUT2D eigenvalue weighted by Gasteiger charge is -2.25. The fourth-order valence-corrected chi connectivity index (χ4v) is 2.00. The molecule has 1 aromatic rings. The third-order valence-electron chi connectivity index (χ3n) is 3.09. The lowest BCUT2D eigenvalue weighted by Crippen LogP contribution is -2.43. The first-order chi connectivity index (χ1) is 10.3. The molecular weight excluding hydrogens is 274 g/mol. The minimum absolute atomic E-state index is 0.172. The van der Waals surface area contributed by atoms with Crippen molar-refractivity contribution >= 4 is 12.4 Å². The van der Waals surface area contributed by atoms with Gasteiger partial charge in [0.1, 0.15) is 19.1 Å². The van der Waals surface area contributed by atoms with Gasteiger partial charge in [0.15, 0.2) is 6.20 Å². The molecule has 8 nitrogen and oxygen atoms in total. The van der Waals surface area contributed by atoms with Gasteiger partial charge in [0.2, 0.25) is 5.69 Å². The molecule has 0 fully saturated rings. The number of oxime groups is 2. The van der Waals surface area contributed by atoms with Gasteiger partial charge < -0.3 is 25.0 Å². The van der Waals surface area contributed by atoms with Crippen molar-refractivity contribution in [3.05, 3.63) is 42.5 Å². The number of hydrogen-bond donors (Lipinski definition) is 2. The lowest BCUT2D eigenvalue weighted by molar-refractivity contribution is -0.734. The summed E-state index contributed by atoms with van der Waals surface area (Å²) in [5, 5.41) is 23.4. The molecule has 1 aliphatic heterocycles. The van der Waals surface area contributed by atoms with Crippen LogP contribution < -0.4 is 4.57 Å². The van der Waals surface area contributed by atoms with Crippen LogP contribution in [0.5, 0.6) is 0 Å². The molecule has 1 atom stereocenters. The Morgan fingerprint density at radius 3 is 2.95 bits per heavy atom. The summed E-state index contributed by atoms with van der Waals surface area (Å²) in [5.41, 5.74) is 0.725. The van der Waals surface area contributed by atoms with Crippen molar-refractivity contribution in [2.45, 2.75) is 12.9 Å². The van der Waals surface area contributed by atoms with E-state index in [4.69, 9.17) is 15.2 Å². The second-order valence-electron chi connectivity index (χ2n) is 4.46. The normalized spacial score (nSPS) is 18.4. The lowest BCUT2D eigenvalue weighted by atomic mass is 10.3. The van der Waals surface area contributed by atoms with E-state index in [2.05, 4.69) is 10.3 Å². The Balaban J connectivity index is 1.91. The zero-order chi connectivity index (χ0) is 15.1. The highest BCUT2D eigenvalue weighted by Crippen LogP contribution is 2.11. The molecule has 21 heavy (non-hydrogen) atoms. The molecule has 8 heteroatoms.